The van der Waals surface area contributed by atoms with Gasteiger partial charge in [-0.3, -0.25) is 4.79 Å². The van der Waals surface area contributed by atoms with E-state index in [0.29, 0.717) is 19.4 Å². The number of carboxylic acid groups (broad SMARTS) is 1. The summed E-state index contributed by atoms with van der Waals surface area (Å²) < 4.78 is 0. The van der Waals surface area contributed by atoms with Gasteiger partial charge in [0.25, 0.3) is 0 Å². The molecular formula is C8H14N2O3. The molecule has 0 heterocycles. The fraction of sp³-hybridized carbons (Fsp3) is 0.750. The molecule has 0 bridgehead atoms. The zero-order valence-corrected chi connectivity index (χ0v) is 7.59. The summed E-state index contributed by atoms with van der Waals surface area (Å²) in [5.41, 5.74) is -0.676. The zero-order valence-electron chi connectivity index (χ0n) is 7.59. The van der Waals surface area contributed by atoms with Crippen molar-refractivity contribution in [1.29, 1.82) is 0 Å². The van der Waals surface area contributed by atoms with Crippen LogP contribution in [0.5, 0.6) is 0 Å². The molecule has 3 N–H and O–H groups in total. The van der Waals surface area contributed by atoms with Crippen LogP contribution < -0.4 is 10.6 Å². The lowest BCUT2D eigenvalue weighted by atomic mass is 10.1. The lowest BCUT2D eigenvalue weighted by Crippen LogP contribution is -2.40. The van der Waals surface area contributed by atoms with Crippen molar-refractivity contribution in [3.63, 3.8) is 0 Å². The van der Waals surface area contributed by atoms with E-state index in [4.69, 9.17) is 5.11 Å². The zero-order chi connectivity index (χ0) is 9.90. The Bertz CT molecular complexity index is 223. The Morgan fingerprint density at radius 3 is 2.38 bits per heavy atom. The quantitative estimate of drug-likeness (QED) is 0.585. The largest absolute Gasteiger partial charge is 0.481 e. The van der Waals surface area contributed by atoms with Crippen molar-refractivity contribution in [2.75, 3.05) is 13.1 Å². The van der Waals surface area contributed by atoms with Crippen molar-refractivity contribution in [3.05, 3.63) is 0 Å². The Hall–Kier alpha value is -1.26. The number of hydrogen-bond donors (Lipinski definition) is 3. The first-order chi connectivity index (χ1) is 6.10. The van der Waals surface area contributed by atoms with Crippen LogP contribution in [0.3, 0.4) is 0 Å². The van der Waals surface area contributed by atoms with Crippen molar-refractivity contribution >= 4 is 12.0 Å². The Kier molecular flexibility index (Phi) is 2.75. The molecule has 0 aromatic rings. The molecule has 1 aliphatic rings. The average Bonchev–Trinajstić information content (AvgIpc) is 2.82. The average molecular weight is 186 g/mol. The molecule has 0 unspecified atom stereocenters. The van der Waals surface area contributed by atoms with Crippen LogP contribution in [0, 0.1) is 5.41 Å². The van der Waals surface area contributed by atoms with E-state index >= 15 is 0 Å². The van der Waals surface area contributed by atoms with Crippen LogP contribution in [-0.4, -0.2) is 30.2 Å². The van der Waals surface area contributed by atoms with Gasteiger partial charge >= 0.3 is 12.0 Å². The monoisotopic (exact) mass is 186 g/mol. The highest BCUT2D eigenvalue weighted by Crippen LogP contribution is 2.45. The molecule has 1 aliphatic carbocycles. The van der Waals surface area contributed by atoms with Crippen LogP contribution in [-0.2, 0) is 4.79 Å². The van der Waals surface area contributed by atoms with Crippen molar-refractivity contribution in [3.8, 4) is 0 Å². The predicted molar refractivity (Wildman–Crippen MR) is 46.4 cm³/mol. The maximum absolute atomic E-state index is 10.9. The molecule has 0 aromatic heterocycles. The minimum Gasteiger partial charge on any atom is -0.481 e. The summed E-state index contributed by atoms with van der Waals surface area (Å²) in [6, 6.07) is -0.296. The second-order valence-corrected chi connectivity index (χ2v) is 3.30. The molecule has 0 radical (unpaired) electrons. The minimum atomic E-state index is -0.815. The van der Waals surface area contributed by atoms with Gasteiger partial charge in [0, 0.05) is 13.1 Å². The number of carbonyl (C=O) groups is 2. The molecule has 0 spiro atoms. The van der Waals surface area contributed by atoms with Crippen LogP contribution >= 0.6 is 0 Å². The fourth-order valence-corrected chi connectivity index (χ4v) is 1.09. The second-order valence-electron chi connectivity index (χ2n) is 3.30. The summed E-state index contributed by atoms with van der Waals surface area (Å²) in [5, 5.41) is 13.9. The van der Waals surface area contributed by atoms with Crippen molar-refractivity contribution in [2.24, 2.45) is 5.41 Å². The smallest absolute Gasteiger partial charge is 0.314 e. The lowest BCUT2D eigenvalue weighted by molar-refractivity contribution is -0.143. The molecule has 5 nitrogen and oxygen atoms in total. The van der Waals surface area contributed by atoms with Crippen molar-refractivity contribution in [1.82, 2.24) is 10.6 Å². The molecule has 74 valence electrons. The maximum Gasteiger partial charge on any atom is 0.314 e. The molecule has 5 heteroatoms. The van der Waals surface area contributed by atoms with E-state index in [2.05, 4.69) is 10.6 Å². The van der Waals surface area contributed by atoms with E-state index in [1.54, 1.807) is 0 Å². The van der Waals surface area contributed by atoms with Crippen LogP contribution in [0.15, 0.2) is 0 Å². The van der Waals surface area contributed by atoms with E-state index in [0.717, 1.165) is 0 Å². The van der Waals surface area contributed by atoms with Crippen LogP contribution in [0.1, 0.15) is 19.8 Å². The Morgan fingerprint density at radius 2 is 2.00 bits per heavy atom. The molecule has 0 atom stereocenters. The number of urea groups is 1. The van der Waals surface area contributed by atoms with Crippen LogP contribution in [0.4, 0.5) is 4.79 Å². The molecule has 1 fully saturated rings. The van der Waals surface area contributed by atoms with Gasteiger partial charge in [0.05, 0.1) is 5.41 Å². The number of carbonyl (C=O) groups excluding carboxylic acids is 1. The first-order valence-electron chi connectivity index (χ1n) is 4.36. The number of hydrogen-bond acceptors (Lipinski definition) is 2. The van der Waals surface area contributed by atoms with E-state index < -0.39 is 11.4 Å². The number of amides is 2. The van der Waals surface area contributed by atoms with E-state index in [-0.39, 0.29) is 12.6 Å². The molecule has 13 heavy (non-hydrogen) atoms. The Labute approximate surface area is 76.5 Å². The third-order valence-corrected chi connectivity index (χ3v) is 2.23. The summed E-state index contributed by atoms with van der Waals surface area (Å²) in [4.78, 5) is 21.6. The van der Waals surface area contributed by atoms with Crippen LogP contribution in [0.25, 0.3) is 0 Å². The third-order valence-electron chi connectivity index (χ3n) is 2.23. The number of nitrogens with one attached hydrogen (secondary N) is 2. The second kappa shape index (κ2) is 3.64. The summed E-state index contributed by atoms with van der Waals surface area (Å²) in [5.74, 6) is -0.815. The Morgan fingerprint density at radius 1 is 1.38 bits per heavy atom. The molecule has 0 saturated heterocycles. The number of aliphatic carboxylic acids is 1. The molecule has 0 aromatic carbocycles. The topological polar surface area (TPSA) is 78.4 Å². The summed E-state index contributed by atoms with van der Waals surface area (Å²) in [7, 11) is 0. The SMILES string of the molecule is CCNC(=O)NCC1(C(=O)O)CC1. The standard InChI is InChI=1S/C8H14N2O3/c1-2-9-7(13)10-5-8(3-4-8)6(11)12/h2-5H2,1H3,(H,11,12)(H2,9,10,13). The molecule has 1 rings (SSSR count). The van der Waals surface area contributed by atoms with Gasteiger partial charge < -0.3 is 15.7 Å². The molecule has 2 amide bonds. The number of rotatable bonds is 4. The van der Waals surface area contributed by atoms with Gasteiger partial charge in [0.15, 0.2) is 0 Å². The summed E-state index contributed by atoms with van der Waals surface area (Å²) in [6.45, 7) is 2.59. The normalized spacial score (nSPS) is 17.6. The number of carboxylic acids is 1. The van der Waals surface area contributed by atoms with Gasteiger partial charge in [-0.2, -0.15) is 0 Å². The third kappa shape index (κ3) is 2.34. The first-order valence-corrected chi connectivity index (χ1v) is 4.36. The maximum atomic E-state index is 10.9. The first kappa shape index (κ1) is 9.83. The fourth-order valence-electron chi connectivity index (χ4n) is 1.09. The summed E-state index contributed by atoms with van der Waals surface area (Å²) >= 11 is 0. The van der Waals surface area contributed by atoms with Gasteiger partial charge in [-0.05, 0) is 19.8 Å². The van der Waals surface area contributed by atoms with E-state index in [1.807, 2.05) is 6.92 Å². The Balaban J connectivity index is 2.26. The van der Waals surface area contributed by atoms with Gasteiger partial charge in [0.2, 0.25) is 0 Å². The predicted octanol–water partition coefficient (Wildman–Crippen LogP) is 0.170. The molecular weight excluding hydrogens is 172 g/mol. The van der Waals surface area contributed by atoms with Crippen LogP contribution in [0.2, 0.25) is 0 Å². The molecule has 0 aliphatic heterocycles. The van der Waals surface area contributed by atoms with Crippen molar-refractivity contribution < 1.29 is 14.7 Å². The van der Waals surface area contributed by atoms with E-state index in [9.17, 15) is 9.59 Å². The minimum absolute atomic E-state index is 0.230. The van der Waals surface area contributed by atoms with Crippen molar-refractivity contribution in [2.45, 2.75) is 19.8 Å². The van der Waals surface area contributed by atoms with Gasteiger partial charge in [-0.25, -0.2) is 4.79 Å². The van der Waals surface area contributed by atoms with Gasteiger partial charge in [-0.1, -0.05) is 0 Å². The highest BCUT2D eigenvalue weighted by Gasteiger charge is 2.50. The highest BCUT2D eigenvalue weighted by atomic mass is 16.4. The van der Waals surface area contributed by atoms with Gasteiger partial charge in [0.1, 0.15) is 0 Å². The molecule has 1 saturated carbocycles. The summed E-state index contributed by atoms with van der Waals surface area (Å²) in [6.07, 6.45) is 1.32. The highest BCUT2D eigenvalue weighted by molar-refractivity contribution is 5.80. The van der Waals surface area contributed by atoms with Gasteiger partial charge in [-0.15, -0.1) is 0 Å². The lowest BCUT2D eigenvalue weighted by Gasteiger charge is -2.10. The van der Waals surface area contributed by atoms with E-state index in [1.165, 1.54) is 0 Å².